The summed E-state index contributed by atoms with van der Waals surface area (Å²) < 4.78 is 18.6. The molecule has 3 heterocycles. The Bertz CT molecular complexity index is 804. The fraction of sp³-hybridized carbons (Fsp3) is 0.571. The van der Waals surface area contributed by atoms with Gasteiger partial charge in [-0.3, -0.25) is 9.69 Å². The molecule has 3 aliphatic heterocycles. The molecule has 2 spiro atoms. The number of benzene rings is 1. The van der Waals surface area contributed by atoms with Gasteiger partial charge in [0.05, 0.1) is 18.6 Å². The summed E-state index contributed by atoms with van der Waals surface area (Å²) in [4.78, 5) is 15.4. The number of fused-ring (bicyclic) bond motifs is 2. The second kappa shape index (κ2) is 5.64. The van der Waals surface area contributed by atoms with Crippen molar-refractivity contribution in [2.45, 2.75) is 50.3 Å². The zero-order valence-electron chi connectivity index (χ0n) is 16.0. The minimum absolute atomic E-state index is 0.0533. The number of hydrogen-bond donors (Lipinski definition) is 1. The molecule has 144 valence electrons. The number of nitrogens with zero attached hydrogens (tertiary/aromatic N) is 1. The van der Waals surface area contributed by atoms with Gasteiger partial charge in [0.2, 0.25) is 5.72 Å². The van der Waals surface area contributed by atoms with Crippen molar-refractivity contribution in [2.24, 2.45) is 5.41 Å². The lowest BCUT2D eigenvalue weighted by atomic mass is 9.69. The second-order valence-corrected chi connectivity index (χ2v) is 8.34. The minimum atomic E-state index is -1.08. The molecule has 27 heavy (non-hydrogen) atoms. The SMILES string of the molecule is C[C@H]1[C@@H](c2ccccc2)OC2(C(=O)NC3=CCC4(C[C@@]32C)OCCO4)N1C. The highest BCUT2D eigenvalue weighted by Gasteiger charge is 2.72. The summed E-state index contributed by atoms with van der Waals surface area (Å²) in [6.45, 7) is 5.39. The average molecular weight is 370 g/mol. The summed E-state index contributed by atoms with van der Waals surface area (Å²) in [6, 6.07) is 10.2. The van der Waals surface area contributed by atoms with E-state index in [1.165, 1.54) is 0 Å². The van der Waals surface area contributed by atoms with Crippen LogP contribution >= 0.6 is 0 Å². The molecule has 4 atom stereocenters. The summed E-state index contributed by atoms with van der Waals surface area (Å²) in [5.41, 5.74) is 0.354. The van der Waals surface area contributed by atoms with Gasteiger partial charge in [-0.05, 0) is 26.5 Å². The van der Waals surface area contributed by atoms with E-state index in [0.717, 1.165) is 11.3 Å². The van der Waals surface area contributed by atoms with E-state index in [4.69, 9.17) is 14.2 Å². The first kappa shape index (κ1) is 17.4. The quantitative estimate of drug-likeness (QED) is 0.822. The Kier molecular flexibility index (Phi) is 3.63. The van der Waals surface area contributed by atoms with Crippen molar-refractivity contribution in [2.75, 3.05) is 20.3 Å². The number of likely N-dealkylation sites (N-methyl/N-ethyl adjacent to an activating group) is 1. The largest absolute Gasteiger partial charge is 0.347 e. The molecular weight excluding hydrogens is 344 g/mol. The van der Waals surface area contributed by atoms with Crippen molar-refractivity contribution in [3.8, 4) is 0 Å². The van der Waals surface area contributed by atoms with Crippen LogP contribution in [0, 0.1) is 5.41 Å². The average Bonchev–Trinajstić information content (AvgIpc) is 3.28. The number of carbonyl (C=O) groups excluding carboxylic acids is 1. The molecule has 0 radical (unpaired) electrons. The maximum atomic E-state index is 13.3. The Labute approximate surface area is 159 Å². The molecule has 6 nitrogen and oxygen atoms in total. The van der Waals surface area contributed by atoms with E-state index in [9.17, 15) is 4.79 Å². The van der Waals surface area contributed by atoms with Crippen LogP contribution in [0.25, 0.3) is 0 Å². The van der Waals surface area contributed by atoms with E-state index in [1.807, 2.05) is 25.2 Å². The second-order valence-electron chi connectivity index (χ2n) is 8.34. The van der Waals surface area contributed by atoms with Crippen LogP contribution in [0.2, 0.25) is 0 Å². The highest BCUT2D eigenvalue weighted by Crippen LogP contribution is 2.60. The maximum Gasteiger partial charge on any atom is 0.272 e. The van der Waals surface area contributed by atoms with Crippen molar-refractivity contribution < 1.29 is 19.0 Å². The van der Waals surface area contributed by atoms with Crippen LogP contribution < -0.4 is 5.32 Å². The zero-order valence-corrected chi connectivity index (χ0v) is 16.0. The van der Waals surface area contributed by atoms with E-state index in [1.54, 1.807) is 0 Å². The lowest BCUT2D eigenvalue weighted by Gasteiger charge is -2.47. The predicted octanol–water partition coefficient (Wildman–Crippen LogP) is 2.33. The van der Waals surface area contributed by atoms with E-state index in [-0.39, 0.29) is 18.1 Å². The topological polar surface area (TPSA) is 60.0 Å². The fourth-order valence-electron chi connectivity index (χ4n) is 5.43. The van der Waals surface area contributed by atoms with Crippen LogP contribution in [-0.4, -0.2) is 48.6 Å². The third-order valence-electron chi connectivity index (χ3n) is 6.92. The molecule has 1 aliphatic carbocycles. The van der Waals surface area contributed by atoms with Crippen molar-refractivity contribution in [3.63, 3.8) is 0 Å². The number of nitrogens with one attached hydrogen (secondary N) is 1. The van der Waals surface area contributed by atoms with Crippen molar-refractivity contribution in [3.05, 3.63) is 47.7 Å². The Morgan fingerprint density at radius 2 is 1.89 bits per heavy atom. The Morgan fingerprint density at radius 3 is 2.59 bits per heavy atom. The van der Waals surface area contributed by atoms with E-state index in [0.29, 0.717) is 26.1 Å². The molecule has 0 saturated carbocycles. The highest BCUT2D eigenvalue weighted by molar-refractivity contribution is 5.92. The number of rotatable bonds is 1. The van der Waals surface area contributed by atoms with Crippen molar-refractivity contribution in [1.29, 1.82) is 0 Å². The highest BCUT2D eigenvalue weighted by atomic mass is 16.7. The van der Waals surface area contributed by atoms with Crippen LogP contribution in [0.15, 0.2) is 42.1 Å². The molecular formula is C21H26N2O4. The molecule has 3 fully saturated rings. The van der Waals surface area contributed by atoms with E-state index in [2.05, 4.69) is 42.3 Å². The molecule has 1 N–H and O–H groups in total. The van der Waals surface area contributed by atoms with Crippen molar-refractivity contribution >= 4 is 5.91 Å². The smallest absolute Gasteiger partial charge is 0.272 e. The summed E-state index contributed by atoms with van der Waals surface area (Å²) in [7, 11) is 1.99. The summed E-state index contributed by atoms with van der Waals surface area (Å²) in [6.07, 6.45) is 3.11. The zero-order chi connectivity index (χ0) is 18.9. The van der Waals surface area contributed by atoms with E-state index >= 15 is 0 Å². The normalized spacial score (nSPS) is 40.4. The fourth-order valence-corrected chi connectivity index (χ4v) is 5.43. The molecule has 0 bridgehead atoms. The molecule has 1 aromatic rings. The van der Waals surface area contributed by atoms with Gasteiger partial charge in [0.1, 0.15) is 6.10 Å². The predicted molar refractivity (Wildman–Crippen MR) is 98.4 cm³/mol. The van der Waals surface area contributed by atoms with Gasteiger partial charge in [-0.2, -0.15) is 0 Å². The molecule has 0 aromatic heterocycles. The minimum Gasteiger partial charge on any atom is -0.347 e. The van der Waals surface area contributed by atoms with Gasteiger partial charge < -0.3 is 19.5 Å². The van der Waals surface area contributed by atoms with Gasteiger partial charge in [0.25, 0.3) is 5.91 Å². The molecule has 1 aromatic carbocycles. The van der Waals surface area contributed by atoms with Gasteiger partial charge in [-0.1, -0.05) is 36.4 Å². The number of carbonyl (C=O) groups is 1. The number of amides is 1. The molecule has 1 unspecified atom stereocenters. The standard InChI is InChI=1S/C21H26N2O4/c1-14-17(15-7-5-4-6-8-15)27-21(23(14)3)18(24)22-16-9-10-20(13-19(16,21)2)25-11-12-26-20/h4-9,14,17H,10-13H2,1-3H3,(H,22,24)/t14-,17-,19-,21?/m0/s1. The van der Waals surface area contributed by atoms with E-state index < -0.39 is 16.9 Å². The van der Waals surface area contributed by atoms with Crippen LogP contribution in [0.5, 0.6) is 0 Å². The van der Waals surface area contributed by atoms with Gasteiger partial charge in [0.15, 0.2) is 5.79 Å². The Morgan fingerprint density at radius 1 is 1.19 bits per heavy atom. The van der Waals surface area contributed by atoms with Crippen LogP contribution in [0.1, 0.15) is 38.4 Å². The van der Waals surface area contributed by atoms with Gasteiger partial charge >= 0.3 is 0 Å². The Hall–Kier alpha value is -1.73. The molecule has 5 rings (SSSR count). The van der Waals surface area contributed by atoms with Crippen LogP contribution in [0.4, 0.5) is 0 Å². The summed E-state index contributed by atoms with van der Waals surface area (Å²) >= 11 is 0. The van der Waals surface area contributed by atoms with Gasteiger partial charge in [-0.25, -0.2) is 0 Å². The first-order valence-electron chi connectivity index (χ1n) is 9.68. The Balaban J connectivity index is 1.59. The maximum absolute atomic E-state index is 13.3. The summed E-state index contributed by atoms with van der Waals surface area (Å²) in [5, 5.41) is 3.10. The number of ether oxygens (including phenoxy) is 3. The molecule has 6 heteroatoms. The lowest BCUT2D eigenvalue weighted by Crippen LogP contribution is -2.61. The lowest BCUT2D eigenvalue weighted by molar-refractivity contribution is -0.219. The molecule has 3 saturated heterocycles. The third kappa shape index (κ3) is 2.12. The molecule has 4 aliphatic rings. The van der Waals surface area contributed by atoms with Gasteiger partial charge in [-0.15, -0.1) is 0 Å². The van der Waals surface area contributed by atoms with Crippen LogP contribution in [0.3, 0.4) is 0 Å². The summed E-state index contributed by atoms with van der Waals surface area (Å²) in [5.74, 6) is -0.755. The first-order valence-corrected chi connectivity index (χ1v) is 9.68. The van der Waals surface area contributed by atoms with Crippen LogP contribution in [-0.2, 0) is 19.0 Å². The third-order valence-corrected chi connectivity index (χ3v) is 6.92. The monoisotopic (exact) mass is 370 g/mol. The van der Waals surface area contributed by atoms with Gasteiger partial charge in [0, 0.05) is 24.6 Å². The number of hydrogen-bond acceptors (Lipinski definition) is 5. The first-order chi connectivity index (χ1) is 12.9. The molecule has 1 amide bonds. The van der Waals surface area contributed by atoms with Crippen molar-refractivity contribution in [1.82, 2.24) is 10.2 Å².